The molecular formula is C14H17F4NS. The highest BCUT2D eigenvalue weighted by molar-refractivity contribution is 8.00. The number of hydrogen-bond acceptors (Lipinski definition) is 2. The van der Waals surface area contributed by atoms with Gasteiger partial charge in [0.2, 0.25) is 0 Å². The fraction of sp³-hybridized carbons (Fsp3) is 0.571. The summed E-state index contributed by atoms with van der Waals surface area (Å²) in [5.41, 5.74) is -0.684. The maximum absolute atomic E-state index is 13.3. The standard InChI is InChI=1S/C14H17F4NS/c1-19-13(12-4-2-3-7-20-12)9-5-6-11(15)10(8-9)14(16,17)18/h5-6,8,12-13,19H,2-4,7H2,1H3. The van der Waals surface area contributed by atoms with Gasteiger partial charge in [-0.05, 0) is 43.3 Å². The lowest BCUT2D eigenvalue weighted by Crippen LogP contribution is -2.29. The molecule has 0 radical (unpaired) electrons. The topological polar surface area (TPSA) is 12.0 Å². The first kappa shape index (κ1) is 15.6. The lowest BCUT2D eigenvalue weighted by molar-refractivity contribution is -0.140. The fourth-order valence-corrected chi connectivity index (χ4v) is 4.04. The van der Waals surface area contributed by atoms with Crippen LogP contribution in [-0.2, 0) is 6.18 Å². The first-order chi connectivity index (χ1) is 9.43. The van der Waals surface area contributed by atoms with E-state index < -0.39 is 17.6 Å². The maximum Gasteiger partial charge on any atom is 0.419 e. The largest absolute Gasteiger partial charge is 0.419 e. The summed E-state index contributed by atoms with van der Waals surface area (Å²) in [5, 5.41) is 3.31. The molecule has 1 N–H and O–H groups in total. The molecule has 1 aliphatic heterocycles. The smallest absolute Gasteiger partial charge is 0.312 e. The van der Waals surface area contributed by atoms with E-state index in [1.54, 1.807) is 18.8 Å². The van der Waals surface area contributed by atoms with Crippen molar-refractivity contribution in [2.75, 3.05) is 12.8 Å². The molecule has 6 heteroatoms. The van der Waals surface area contributed by atoms with Gasteiger partial charge in [0, 0.05) is 11.3 Å². The van der Waals surface area contributed by atoms with Crippen LogP contribution in [0.25, 0.3) is 0 Å². The van der Waals surface area contributed by atoms with Gasteiger partial charge in [0.05, 0.1) is 5.56 Å². The molecule has 2 unspecified atom stereocenters. The summed E-state index contributed by atoms with van der Waals surface area (Å²) in [6, 6.07) is 3.12. The molecule has 1 fully saturated rings. The van der Waals surface area contributed by atoms with Crippen molar-refractivity contribution in [3.05, 3.63) is 35.1 Å². The number of halogens is 4. The number of nitrogens with one attached hydrogen (secondary N) is 1. The zero-order valence-electron chi connectivity index (χ0n) is 11.1. The van der Waals surface area contributed by atoms with Gasteiger partial charge >= 0.3 is 6.18 Å². The van der Waals surface area contributed by atoms with Crippen molar-refractivity contribution in [1.29, 1.82) is 0 Å². The first-order valence-corrected chi connectivity index (χ1v) is 7.64. The van der Waals surface area contributed by atoms with Gasteiger partial charge in [0.15, 0.2) is 0 Å². The molecule has 1 nitrogen and oxygen atoms in total. The molecule has 112 valence electrons. The number of hydrogen-bond donors (Lipinski definition) is 1. The van der Waals surface area contributed by atoms with E-state index in [1.165, 1.54) is 6.07 Å². The summed E-state index contributed by atoms with van der Waals surface area (Å²) in [4.78, 5) is 0. The summed E-state index contributed by atoms with van der Waals surface area (Å²) in [6.07, 6.45) is -1.45. The third kappa shape index (κ3) is 3.47. The van der Waals surface area contributed by atoms with Crippen LogP contribution in [0.2, 0.25) is 0 Å². The number of rotatable bonds is 3. The Balaban J connectivity index is 2.30. The second-order valence-electron chi connectivity index (χ2n) is 4.91. The van der Waals surface area contributed by atoms with Gasteiger partial charge in [0.25, 0.3) is 0 Å². The van der Waals surface area contributed by atoms with E-state index in [9.17, 15) is 17.6 Å². The summed E-state index contributed by atoms with van der Waals surface area (Å²) < 4.78 is 51.6. The van der Waals surface area contributed by atoms with Crippen LogP contribution >= 0.6 is 11.8 Å². The molecule has 0 aromatic heterocycles. The van der Waals surface area contributed by atoms with Crippen molar-refractivity contribution in [1.82, 2.24) is 5.32 Å². The highest BCUT2D eigenvalue weighted by Gasteiger charge is 2.35. The predicted octanol–water partition coefficient (Wildman–Crippen LogP) is 4.39. The second kappa shape index (κ2) is 6.35. The molecule has 1 saturated heterocycles. The molecule has 2 atom stereocenters. The molecule has 1 aromatic rings. The number of benzene rings is 1. The molecule has 1 aromatic carbocycles. The molecule has 0 saturated carbocycles. The fourth-order valence-electron chi connectivity index (χ4n) is 2.55. The van der Waals surface area contributed by atoms with Crippen LogP contribution in [0, 0.1) is 5.82 Å². The Morgan fingerprint density at radius 1 is 1.30 bits per heavy atom. The van der Waals surface area contributed by atoms with E-state index in [4.69, 9.17) is 0 Å². The SMILES string of the molecule is CNC(c1ccc(F)c(C(F)(F)F)c1)C1CCCCS1. The van der Waals surface area contributed by atoms with Crippen molar-refractivity contribution in [2.45, 2.75) is 36.7 Å². The molecule has 20 heavy (non-hydrogen) atoms. The summed E-state index contributed by atoms with van der Waals surface area (Å²) in [5.74, 6) is -0.191. The lowest BCUT2D eigenvalue weighted by atomic mass is 9.97. The lowest BCUT2D eigenvalue weighted by Gasteiger charge is -2.30. The van der Waals surface area contributed by atoms with E-state index in [0.717, 1.165) is 37.1 Å². The summed E-state index contributed by atoms with van der Waals surface area (Å²) >= 11 is 1.77. The minimum atomic E-state index is -4.65. The van der Waals surface area contributed by atoms with Crippen LogP contribution in [-0.4, -0.2) is 18.1 Å². The average Bonchev–Trinajstić information content (AvgIpc) is 2.41. The minimum Gasteiger partial charge on any atom is -0.312 e. The van der Waals surface area contributed by atoms with Crippen LogP contribution < -0.4 is 5.32 Å². The van der Waals surface area contributed by atoms with Crippen molar-refractivity contribution in [3.8, 4) is 0 Å². The Morgan fingerprint density at radius 2 is 2.05 bits per heavy atom. The van der Waals surface area contributed by atoms with Gasteiger partial charge < -0.3 is 5.32 Å². The van der Waals surface area contributed by atoms with E-state index >= 15 is 0 Å². The van der Waals surface area contributed by atoms with Crippen molar-refractivity contribution in [3.63, 3.8) is 0 Å². The van der Waals surface area contributed by atoms with Gasteiger partial charge in [-0.15, -0.1) is 0 Å². The van der Waals surface area contributed by atoms with Crippen LogP contribution in [0.1, 0.15) is 36.4 Å². The highest BCUT2D eigenvalue weighted by atomic mass is 32.2. The third-order valence-electron chi connectivity index (χ3n) is 3.55. The van der Waals surface area contributed by atoms with Gasteiger partial charge in [-0.2, -0.15) is 24.9 Å². The molecule has 1 heterocycles. The molecule has 1 aliphatic rings. The minimum absolute atomic E-state index is 0.179. The second-order valence-corrected chi connectivity index (χ2v) is 6.26. The Bertz CT molecular complexity index is 455. The number of alkyl halides is 3. The zero-order chi connectivity index (χ0) is 14.8. The summed E-state index contributed by atoms with van der Waals surface area (Å²) in [7, 11) is 1.73. The van der Waals surface area contributed by atoms with Crippen molar-refractivity contribution < 1.29 is 17.6 Å². The molecule has 0 amide bonds. The third-order valence-corrected chi connectivity index (χ3v) is 5.01. The number of thioether (sulfide) groups is 1. The summed E-state index contributed by atoms with van der Waals surface area (Å²) in [6.45, 7) is 0. The Kier molecular flexibility index (Phi) is 4.96. The van der Waals surface area contributed by atoms with Crippen LogP contribution in [0.3, 0.4) is 0 Å². The van der Waals surface area contributed by atoms with E-state index in [2.05, 4.69) is 5.32 Å². The van der Waals surface area contributed by atoms with Gasteiger partial charge in [-0.25, -0.2) is 4.39 Å². The molecule has 2 rings (SSSR count). The quantitative estimate of drug-likeness (QED) is 0.831. The first-order valence-electron chi connectivity index (χ1n) is 6.59. The van der Waals surface area contributed by atoms with Crippen LogP contribution in [0.5, 0.6) is 0 Å². The van der Waals surface area contributed by atoms with Crippen molar-refractivity contribution >= 4 is 11.8 Å². The van der Waals surface area contributed by atoms with E-state index in [1.807, 2.05) is 0 Å². The zero-order valence-corrected chi connectivity index (χ0v) is 12.0. The predicted molar refractivity (Wildman–Crippen MR) is 73.3 cm³/mol. The highest BCUT2D eigenvalue weighted by Crippen LogP contribution is 2.37. The average molecular weight is 307 g/mol. The van der Waals surface area contributed by atoms with Gasteiger partial charge in [-0.3, -0.25) is 0 Å². The van der Waals surface area contributed by atoms with Gasteiger partial charge in [-0.1, -0.05) is 12.5 Å². The van der Waals surface area contributed by atoms with Crippen LogP contribution in [0.15, 0.2) is 18.2 Å². The normalized spacial score (nSPS) is 21.8. The van der Waals surface area contributed by atoms with E-state index in [-0.39, 0.29) is 11.3 Å². The Morgan fingerprint density at radius 3 is 2.60 bits per heavy atom. The Hall–Kier alpha value is -0.750. The molecule has 0 bridgehead atoms. The Labute approximate surface area is 120 Å². The molecular weight excluding hydrogens is 290 g/mol. The molecule has 0 aliphatic carbocycles. The van der Waals surface area contributed by atoms with E-state index in [0.29, 0.717) is 5.56 Å². The van der Waals surface area contributed by atoms with Crippen LogP contribution in [0.4, 0.5) is 17.6 Å². The van der Waals surface area contributed by atoms with Crippen molar-refractivity contribution in [2.24, 2.45) is 0 Å². The van der Waals surface area contributed by atoms with Gasteiger partial charge in [0.1, 0.15) is 5.82 Å². The monoisotopic (exact) mass is 307 g/mol. The molecule has 0 spiro atoms. The maximum atomic E-state index is 13.3.